The van der Waals surface area contributed by atoms with Gasteiger partial charge in [0.1, 0.15) is 12.4 Å². The lowest BCUT2D eigenvalue weighted by Gasteiger charge is -2.29. The molecular formula is C11H17N5. The summed E-state index contributed by atoms with van der Waals surface area (Å²) in [7, 11) is 0. The fourth-order valence-electron chi connectivity index (χ4n) is 1.98. The average molecular weight is 219 g/mol. The molecule has 0 bridgehead atoms. The topological polar surface area (TPSA) is 57.7 Å². The number of aromatic nitrogens is 3. The Morgan fingerprint density at radius 2 is 2.19 bits per heavy atom. The molecule has 2 rings (SSSR count). The van der Waals surface area contributed by atoms with Crippen LogP contribution in [-0.4, -0.2) is 39.3 Å². The normalized spacial score (nSPS) is 18.5. The number of likely N-dealkylation sites (tertiary alicyclic amines) is 1. The maximum Gasteiger partial charge on any atom is 0.252 e. The molecule has 0 unspecified atom stereocenters. The highest BCUT2D eigenvalue weighted by atomic mass is 15.3. The predicted molar refractivity (Wildman–Crippen MR) is 59.6 cm³/mol. The van der Waals surface area contributed by atoms with Crippen molar-refractivity contribution in [3.63, 3.8) is 0 Å². The van der Waals surface area contributed by atoms with Crippen molar-refractivity contribution in [2.45, 2.75) is 26.3 Å². The maximum absolute atomic E-state index is 8.60. The fraction of sp³-hybridized carbons (Fsp3) is 0.727. The van der Waals surface area contributed by atoms with Crippen LogP contribution in [0, 0.1) is 17.2 Å². The fourth-order valence-corrected chi connectivity index (χ4v) is 1.98. The molecule has 16 heavy (non-hydrogen) atoms. The van der Waals surface area contributed by atoms with Gasteiger partial charge >= 0.3 is 0 Å². The van der Waals surface area contributed by atoms with E-state index < -0.39 is 0 Å². The van der Waals surface area contributed by atoms with Crippen molar-refractivity contribution in [3.05, 3.63) is 12.2 Å². The molecule has 0 saturated carbocycles. The van der Waals surface area contributed by atoms with Gasteiger partial charge in [0.15, 0.2) is 0 Å². The molecule has 0 atom stereocenters. The third-order valence-corrected chi connectivity index (χ3v) is 3.16. The van der Waals surface area contributed by atoms with Crippen LogP contribution >= 0.6 is 0 Å². The summed E-state index contributed by atoms with van der Waals surface area (Å²) in [6.07, 6.45) is 4.22. The monoisotopic (exact) mass is 219 g/mol. The first-order chi connectivity index (χ1) is 7.78. The number of rotatable bonds is 3. The van der Waals surface area contributed by atoms with Crippen LogP contribution in [0.15, 0.2) is 6.33 Å². The zero-order chi connectivity index (χ0) is 11.4. The number of hydrogen-bond donors (Lipinski definition) is 0. The number of hydrogen-bond acceptors (Lipinski definition) is 4. The molecule has 1 aromatic heterocycles. The molecule has 1 aromatic rings. The molecule has 86 valence electrons. The Morgan fingerprint density at radius 3 is 2.81 bits per heavy atom. The van der Waals surface area contributed by atoms with Crippen molar-refractivity contribution in [2.75, 3.05) is 19.6 Å². The van der Waals surface area contributed by atoms with E-state index in [1.165, 1.54) is 25.9 Å². The average Bonchev–Trinajstić information content (AvgIpc) is 2.76. The lowest BCUT2D eigenvalue weighted by molar-refractivity contribution is 0.184. The highest BCUT2D eigenvalue weighted by Crippen LogP contribution is 2.15. The standard InChI is InChI=1S/C11H17N5/c1-10-2-4-15(5-3-10)6-7-16-9-13-11(8-12)14-16/h9-10H,2-7H2,1H3. The van der Waals surface area contributed by atoms with E-state index in [1.807, 2.05) is 6.07 Å². The van der Waals surface area contributed by atoms with Crippen molar-refractivity contribution in [1.29, 1.82) is 5.26 Å². The van der Waals surface area contributed by atoms with Gasteiger partial charge in [0.05, 0.1) is 6.54 Å². The third-order valence-electron chi connectivity index (χ3n) is 3.16. The van der Waals surface area contributed by atoms with E-state index >= 15 is 0 Å². The summed E-state index contributed by atoms with van der Waals surface area (Å²) < 4.78 is 1.75. The summed E-state index contributed by atoms with van der Waals surface area (Å²) in [6.45, 7) is 6.50. The van der Waals surface area contributed by atoms with Gasteiger partial charge in [-0.05, 0) is 31.8 Å². The maximum atomic E-state index is 8.60. The van der Waals surface area contributed by atoms with Crippen LogP contribution in [-0.2, 0) is 6.54 Å². The Balaban J connectivity index is 1.77. The van der Waals surface area contributed by atoms with Crippen molar-refractivity contribution in [2.24, 2.45) is 5.92 Å². The largest absolute Gasteiger partial charge is 0.301 e. The SMILES string of the molecule is CC1CCN(CCn2cnc(C#N)n2)CC1. The second-order valence-electron chi connectivity index (χ2n) is 4.47. The van der Waals surface area contributed by atoms with E-state index in [0.717, 1.165) is 19.0 Å². The van der Waals surface area contributed by atoms with Crippen LogP contribution in [0.1, 0.15) is 25.6 Å². The minimum absolute atomic E-state index is 0.257. The van der Waals surface area contributed by atoms with Crippen molar-refractivity contribution >= 4 is 0 Å². The molecule has 0 aromatic carbocycles. The Morgan fingerprint density at radius 1 is 1.44 bits per heavy atom. The first-order valence-electron chi connectivity index (χ1n) is 5.80. The Kier molecular flexibility index (Phi) is 3.52. The predicted octanol–water partition coefficient (Wildman–Crippen LogP) is 0.882. The van der Waals surface area contributed by atoms with Crippen LogP contribution in [0.25, 0.3) is 0 Å². The molecule has 0 amide bonds. The molecule has 0 spiro atoms. The van der Waals surface area contributed by atoms with Crippen LogP contribution < -0.4 is 0 Å². The molecule has 1 saturated heterocycles. The highest BCUT2D eigenvalue weighted by Gasteiger charge is 2.15. The molecule has 1 aliphatic rings. The summed E-state index contributed by atoms with van der Waals surface area (Å²) in [5.74, 6) is 1.13. The van der Waals surface area contributed by atoms with Crippen LogP contribution in [0.5, 0.6) is 0 Å². The molecule has 1 aliphatic heterocycles. The number of piperidine rings is 1. The molecule has 5 nitrogen and oxygen atoms in total. The number of nitriles is 1. The van der Waals surface area contributed by atoms with Crippen LogP contribution in [0.3, 0.4) is 0 Å². The molecule has 0 aliphatic carbocycles. The summed E-state index contributed by atoms with van der Waals surface area (Å²) in [5.41, 5.74) is 0. The van der Waals surface area contributed by atoms with Gasteiger partial charge < -0.3 is 4.90 Å². The van der Waals surface area contributed by atoms with Gasteiger partial charge in [-0.2, -0.15) is 5.26 Å². The Bertz CT molecular complexity index is 370. The first kappa shape index (κ1) is 11.1. The van der Waals surface area contributed by atoms with E-state index in [4.69, 9.17) is 5.26 Å². The van der Waals surface area contributed by atoms with Crippen molar-refractivity contribution in [3.8, 4) is 6.07 Å². The van der Waals surface area contributed by atoms with Crippen LogP contribution in [0.2, 0.25) is 0 Å². The lowest BCUT2D eigenvalue weighted by atomic mass is 9.99. The van der Waals surface area contributed by atoms with Gasteiger partial charge in [0, 0.05) is 6.54 Å². The van der Waals surface area contributed by atoms with E-state index in [9.17, 15) is 0 Å². The van der Waals surface area contributed by atoms with E-state index in [-0.39, 0.29) is 5.82 Å². The molecule has 5 heteroatoms. The van der Waals surface area contributed by atoms with Gasteiger partial charge in [0.25, 0.3) is 5.82 Å². The second kappa shape index (κ2) is 5.08. The van der Waals surface area contributed by atoms with E-state index in [0.29, 0.717) is 0 Å². The zero-order valence-corrected chi connectivity index (χ0v) is 9.63. The summed E-state index contributed by atoms with van der Waals surface area (Å²) >= 11 is 0. The molecule has 1 fully saturated rings. The van der Waals surface area contributed by atoms with Gasteiger partial charge in [-0.1, -0.05) is 6.92 Å². The first-order valence-corrected chi connectivity index (χ1v) is 5.80. The minimum atomic E-state index is 0.257. The zero-order valence-electron chi connectivity index (χ0n) is 9.63. The summed E-state index contributed by atoms with van der Waals surface area (Å²) in [4.78, 5) is 6.33. The Hall–Kier alpha value is -1.41. The Labute approximate surface area is 95.7 Å². The lowest BCUT2D eigenvalue weighted by Crippen LogP contribution is -2.35. The minimum Gasteiger partial charge on any atom is -0.301 e. The summed E-state index contributed by atoms with van der Waals surface area (Å²) in [5, 5.41) is 12.6. The molecule has 0 radical (unpaired) electrons. The van der Waals surface area contributed by atoms with E-state index in [1.54, 1.807) is 11.0 Å². The van der Waals surface area contributed by atoms with Crippen LogP contribution in [0.4, 0.5) is 0 Å². The molecule has 0 N–H and O–H groups in total. The van der Waals surface area contributed by atoms with E-state index in [2.05, 4.69) is 21.9 Å². The third kappa shape index (κ3) is 2.80. The van der Waals surface area contributed by atoms with Gasteiger partial charge in [-0.3, -0.25) is 4.68 Å². The highest BCUT2D eigenvalue weighted by molar-refractivity contribution is 5.05. The molecule has 2 heterocycles. The number of nitrogens with zero attached hydrogens (tertiary/aromatic N) is 5. The quantitative estimate of drug-likeness (QED) is 0.757. The van der Waals surface area contributed by atoms with Gasteiger partial charge in [0.2, 0.25) is 0 Å². The smallest absolute Gasteiger partial charge is 0.252 e. The second-order valence-corrected chi connectivity index (χ2v) is 4.47. The van der Waals surface area contributed by atoms with Gasteiger partial charge in [-0.25, -0.2) is 4.98 Å². The van der Waals surface area contributed by atoms with Crippen molar-refractivity contribution < 1.29 is 0 Å². The molecular weight excluding hydrogens is 202 g/mol. The van der Waals surface area contributed by atoms with Gasteiger partial charge in [-0.15, -0.1) is 5.10 Å². The summed E-state index contributed by atoms with van der Waals surface area (Å²) in [6, 6.07) is 1.93. The van der Waals surface area contributed by atoms with Crippen molar-refractivity contribution in [1.82, 2.24) is 19.7 Å².